The van der Waals surface area contributed by atoms with Crippen LogP contribution in [0.1, 0.15) is 56.8 Å². The molecule has 0 radical (unpaired) electrons. The Balaban J connectivity index is 1.22. The lowest BCUT2D eigenvalue weighted by Gasteiger charge is -2.16. The number of carbonyl (C=O) groups is 2. The first-order valence-corrected chi connectivity index (χ1v) is 13.6. The molecule has 37 heavy (non-hydrogen) atoms. The summed E-state index contributed by atoms with van der Waals surface area (Å²) < 4.78 is 27.8. The molecule has 2 aliphatic rings. The van der Waals surface area contributed by atoms with Crippen molar-refractivity contribution in [2.75, 3.05) is 5.32 Å². The molecule has 0 unspecified atom stereocenters. The first-order chi connectivity index (χ1) is 17.8. The van der Waals surface area contributed by atoms with E-state index in [4.69, 9.17) is 0 Å². The Morgan fingerprint density at radius 2 is 1.59 bits per heavy atom. The molecule has 2 aromatic carbocycles. The Hall–Kier alpha value is -4.05. The summed E-state index contributed by atoms with van der Waals surface area (Å²) in [5.41, 5.74) is 7.11. The number of carbonyl (C=O) groups excluding carboxylic acids is 2. The average molecular weight is 518 g/mol. The number of nitrogens with zero attached hydrogens (tertiary/aromatic N) is 2. The molecule has 0 saturated heterocycles. The largest absolute Gasteiger partial charge is 0.333 e. The maximum Gasteiger partial charge on any atom is 0.333 e. The van der Waals surface area contributed by atoms with Crippen LogP contribution in [0.5, 0.6) is 0 Å². The predicted molar refractivity (Wildman–Crippen MR) is 140 cm³/mol. The lowest BCUT2D eigenvalue weighted by atomic mass is 9.99. The van der Waals surface area contributed by atoms with Crippen LogP contribution >= 0.6 is 0 Å². The van der Waals surface area contributed by atoms with Crippen molar-refractivity contribution in [1.82, 2.24) is 20.0 Å². The van der Waals surface area contributed by atoms with Crippen molar-refractivity contribution >= 4 is 33.7 Å². The van der Waals surface area contributed by atoms with Crippen LogP contribution in [0.3, 0.4) is 0 Å². The highest BCUT2D eigenvalue weighted by atomic mass is 32.2. The zero-order valence-electron chi connectivity index (χ0n) is 20.4. The van der Waals surface area contributed by atoms with Crippen LogP contribution in [0, 0.1) is 6.92 Å². The number of sulfonamides is 1. The number of nitrogens with one attached hydrogen (secondary N) is 3. The number of benzene rings is 2. The quantitative estimate of drug-likeness (QED) is 0.457. The topological polar surface area (TPSA) is 130 Å². The first-order valence-electron chi connectivity index (χ1n) is 12.2. The summed E-state index contributed by atoms with van der Waals surface area (Å²) in [6.07, 6.45) is 11.8. The fraction of sp³-hybridized carbons (Fsp3) is 0.259. The fourth-order valence-electron chi connectivity index (χ4n) is 4.84. The van der Waals surface area contributed by atoms with Crippen molar-refractivity contribution in [3.63, 3.8) is 0 Å². The summed E-state index contributed by atoms with van der Waals surface area (Å²) in [5, 5.41) is 5.44. The number of fused-ring (bicyclic) bond motifs is 2. The van der Waals surface area contributed by atoms with E-state index in [0.717, 1.165) is 55.3 Å². The Kier molecular flexibility index (Phi) is 6.75. The smallest absolute Gasteiger partial charge is 0.327 e. The highest BCUT2D eigenvalue weighted by Crippen LogP contribution is 2.38. The van der Waals surface area contributed by atoms with Crippen molar-refractivity contribution in [2.24, 2.45) is 0 Å². The monoisotopic (exact) mass is 517 g/mol. The average Bonchev–Trinajstić information content (AvgIpc) is 3.54. The zero-order chi connectivity index (χ0) is 26.0. The summed E-state index contributed by atoms with van der Waals surface area (Å²) in [4.78, 5) is 32.9. The molecule has 0 saturated carbocycles. The van der Waals surface area contributed by atoms with Crippen LogP contribution in [0.15, 0.2) is 53.8 Å². The summed E-state index contributed by atoms with van der Waals surface area (Å²) in [6, 6.07) is 7.46. The Labute approximate surface area is 215 Å². The molecule has 9 nitrogen and oxygen atoms in total. The van der Waals surface area contributed by atoms with Crippen molar-refractivity contribution in [2.45, 2.75) is 50.3 Å². The van der Waals surface area contributed by atoms with E-state index < -0.39 is 22.0 Å². The molecule has 3 amide bonds. The molecule has 0 aliphatic heterocycles. The second-order valence-corrected chi connectivity index (χ2v) is 10.9. The predicted octanol–water partition coefficient (Wildman–Crippen LogP) is 3.67. The highest BCUT2D eigenvalue weighted by molar-refractivity contribution is 7.90. The number of rotatable bonds is 6. The molecular weight excluding hydrogens is 490 g/mol. The van der Waals surface area contributed by atoms with Crippen molar-refractivity contribution in [1.29, 1.82) is 0 Å². The van der Waals surface area contributed by atoms with Crippen LogP contribution in [0.25, 0.3) is 6.08 Å². The van der Waals surface area contributed by atoms with Crippen molar-refractivity contribution < 1.29 is 18.0 Å². The third kappa shape index (κ3) is 5.39. The van der Waals surface area contributed by atoms with E-state index in [1.54, 1.807) is 25.1 Å². The van der Waals surface area contributed by atoms with Gasteiger partial charge in [0.2, 0.25) is 0 Å². The Morgan fingerprint density at radius 1 is 0.919 bits per heavy atom. The van der Waals surface area contributed by atoms with Gasteiger partial charge in [-0.3, -0.25) is 9.78 Å². The Bertz CT molecular complexity index is 1460. The van der Waals surface area contributed by atoms with E-state index in [2.05, 4.69) is 31.4 Å². The van der Waals surface area contributed by atoms with Gasteiger partial charge in [0, 0.05) is 18.1 Å². The number of aromatic nitrogens is 2. The maximum atomic E-state index is 12.8. The van der Waals surface area contributed by atoms with E-state index in [0.29, 0.717) is 11.3 Å². The third-order valence-electron chi connectivity index (χ3n) is 6.63. The van der Waals surface area contributed by atoms with Crippen LogP contribution in [-0.2, 0) is 35.7 Å². The summed E-state index contributed by atoms with van der Waals surface area (Å²) >= 11 is 0. The number of anilines is 1. The molecule has 1 aromatic heterocycles. The molecule has 0 bridgehead atoms. The zero-order valence-corrected chi connectivity index (χ0v) is 21.2. The third-order valence-corrected chi connectivity index (χ3v) is 7.98. The van der Waals surface area contributed by atoms with Gasteiger partial charge in [0.25, 0.3) is 15.9 Å². The molecule has 5 rings (SSSR count). The second kappa shape index (κ2) is 10.1. The molecule has 0 atom stereocenters. The summed E-state index contributed by atoms with van der Waals surface area (Å²) in [5.74, 6) is -0.409. The van der Waals surface area contributed by atoms with E-state index in [1.165, 1.54) is 41.9 Å². The number of urea groups is 1. The number of hydrogen-bond donors (Lipinski definition) is 3. The lowest BCUT2D eigenvalue weighted by Crippen LogP contribution is -2.35. The molecule has 2 aliphatic carbocycles. The minimum atomic E-state index is -4.07. The second-order valence-electron chi connectivity index (χ2n) is 9.21. The number of hydrogen-bond acceptors (Lipinski definition) is 6. The minimum absolute atomic E-state index is 0.0396. The number of aryl methyl sites for hydroxylation is 3. The van der Waals surface area contributed by atoms with Gasteiger partial charge < -0.3 is 10.6 Å². The summed E-state index contributed by atoms with van der Waals surface area (Å²) in [7, 11) is -4.07. The molecule has 0 spiro atoms. The van der Waals surface area contributed by atoms with Crippen LogP contribution in [0.4, 0.5) is 10.5 Å². The van der Waals surface area contributed by atoms with Crippen molar-refractivity contribution in [3.8, 4) is 0 Å². The van der Waals surface area contributed by atoms with Gasteiger partial charge in [0.1, 0.15) is 5.69 Å². The molecule has 190 valence electrons. The fourth-order valence-corrected chi connectivity index (χ4v) is 5.75. The van der Waals surface area contributed by atoms with Gasteiger partial charge in [-0.05, 0) is 91.5 Å². The Morgan fingerprint density at radius 3 is 2.22 bits per heavy atom. The van der Waals surface area contributed by atoms with E-state index in [9.17, 15) is 18.0 Å². The normalized spacial score (nSPS) is 14.3. The molecule has 0 fully saturated rings. The maximum absolute atomic E-state index is 12.8. The lowest BCUT2D eigenvalue weighted by molar-refractivity contribution is 0.0965. The van der Waals surface area contributed by atoms with Gasteiger partial charge in [0.05, 0.1) is 16.8 Å². The van der Waals surface area contributed by atoms with Crippen molar-refractivity contribution in [3.05, 3.63) is 88.1 Å². The standard InChI is InChI=1S/C27H27N5O4S/c1-17-15-30-24(16-29-17)26(33)28-13-12-18-8-10-21(11-9-18)37(35,36)32-27(34)31-25-22-6-2-4-19(22)14-20-5-3-7-23(20)25/h8-16H,2-7H2,1H3,(H,28,33)(H2,31,32,34)/b13-12+. The van der Waals surface area contributed by atoms with E-state index in [1.807, 2.05) is 0 Å². The van der Waals surface area contributed by atoms with Gasteiger partial charge in [-0.25, -0.2) is 22.9 Å². The first kappa shape index (κ1) is 24.6. The van der Waals surface area contributed by atoms with E-state index in [-0.39, 0.29) is 10.6 Å². The molecule has 3 N–H and O–H groups in total. The molecule has 1 heterocycles. The van der Waals surface area contributed by atoms with Crippen LogP contribution in [0.2, 0.25) is 0 Å². The SMILES string of the molecule is Cc1cnc(C(=O)N/C=C/c2ccc(S(=O)(=O)NC(=O)Nc3c4c(cc5c3CCC5)CCC4)cc2)cn1. The van der Waals surface area contributed by atoms with Crippen LogP contribution in [-0.4, -0.2) is 30.3 Å². The van der Waals surface area contributed by atoms with Gasteiger partial charge in [0.15, 0.2) is 0 Å². The molecular formula is C27H27N5O4S. The molecule has 10 heteroatoms. The van der Waals surface area contributed by atoms with Gasteiger partial charge >= 0.3 is 6.03 Å². The van der Waals surface area contributed by atoms with Gasteiger partial charge in [-0.2, -0.15) is 0 Å². The van der Waals surface area contributed by atoms with Crippen LogP contribution < -0.4 is 15.4 Å². The highest BCUT2D eigenvalue weighted by Gasteiger charge is 2.26. The number of amides is 3. The summed E-state index contributed by atoms with van der Waals surface area (Å²) in [6.45, 7) is 1.78. The van der Waals surface area contributed by atoms with Gasteiger partial charge in [-0.15, -0.1) is 0 Å². The van der Waals surface area contributed by atoms with E-state index >= 15 is 0 Å². The minimum Gasteiger partial charge on any atom is -0.327 e. The molecule has 3 aromatic rings. The van der Waals surface area contributed by atoms with Gasteiger partial charge in [-0.1, -0.05) is 18.2 Å².